The van der Waals surface area contributed by atoms with Crippen LogP contribution in [0.4, 0.5) is 0 Å². The zero-order chi connectivity index (χ0) is 7.90. The average Bonchev–Trinajstić information content (AvgIpc) is 2.70. The Morgan fingerprint density at radius 1 is 1.27 bits per heavy atom. The van der Waals surface area contributed by atoms with Gasteiger partial charge >= 0.3 is 0 Å². The van der Waals surface area contributed by atoms with E-state index in [1.807, 2.05) is 0 Å². The van der Waals surface area contributed by atoms with Crippen LogP contribution in [0.25, 0.3) is 0 Å². The van der Waals surface area contributed by atoms with Crippen LogP contribution in [0.2, 0.25) is 0 Å². The van der Waals surface area contributed by atoms with Gasteiger partial charge in [-0.3, -0.25) is 0 Å². The van der Waals surface area contributed by atoms with Crippen molar-refractivity contribution in [3.63, 3.8) is 0 Å². The minimum absolute atomic E-state index is 0.274. The van der Waals surface area contributed by atoms with Crippen molar-refractivity contribution in [2.24, 2.45) is 17.4 Å². The van der Waals surface area contributed by atoms with Crippen LogP contribution in [0, 0.1) is 5.92 Å². The van der Waals surface area contributed by atoms with E-state index in [4.69, 9.17) is 16.2 Å². The number of ether oxygens (including phenoxy) is 1. The summed E-state index contributed by atoms with van der Waals surface area (Å²) in [5, 5.41) is 0. The van der Waals surface area contributed by atoms with Crippen LogP contribution in [0.1, 0.15) is 25.7 Å². The van der Waals surface area contributed by atoms with E-state index in [0.29, 0.717) is 12.5 Å². The van der Waals surface area contributed by atoms with Gasteiger partial charge in [0.2, 0.25) is 0 Å². The summed E-state index contributed by atoms with van der Waals surface area (Å²) < 4.78 is 5.20. The van der Waals surface area contributed by atoms with Crippen molar-refractivity contribution in [1.82, 2.24) is 0 Å². The molecule has 11 heavy (non-hydrogen) atoms. The van der Waals surface area contributed by atoms with Gasteiger partial charge in [-0.2, -0.15) is 0 Å². The van der Waals surface area contributed by atoms with Crippen LogP contribution in [-0.4, -0.2) is 18.4 Å². The van der Waals surface area contributed by atoms with E-state index < -0.39 is 0 Å². The fraction of sp³-hybridized carbons (Fsp3) is 1.00. The molecular weight excluding hydrogens is 140 g/mol. The lowest BCUT2D eigenvalue weighted by atomic mass is 9.80. The van der Waals surface area contributed by atoms with Crippen molar-refractivity contribution >= 4 is 0 Å². The highest BCUT2D eigenvalue weighted by molar-refractivity contribution is 4.98. The Hall–Kier alpha value is -0.120. The van der Waals surface area contributed by atoms with E-state index in [2.05, 4.69) is 0 Å². The number of nitrogens with two attached hydrogens (primary N) is 2. The zero-order valence-corrected chi connectivity index (χ0v) is 6.75. The molecule has 1 heterocycles. The molecule has 2 fully saturated rings. The highest BCUT2D eigenvalue weighted by atomic mass is 16.6. The molecule has 0 aromatic heterocycles. The summed E-state index contributed by atoms with van der Waals surface area (Å²) in [6.07, 6.45) is 4.79. The molecule has 3 atom stereocenters. The molecule has 4 N–H and O–H groups in total. The van der Waals surface area contributed by atoms with Crippen molar-refractivity contribution < 1.29 is 4.74 Å². The first-order chi connectivity index (χ1) is 5.22. The molecule has 2 aliphatic rings. The first-order valence-corrected chi connectivity index (χ1v) is 4.41. The van der Waals surface area contributed by atoms with Gasteiger partial charge in [-0.1, -0.05) is 12.8 Å². The van der Waals surface area contributed by atoms with E-state index in [0.717, 1.165) is 12.8 Å². The Morgan fingerprint density at radius 3 is 2.45 bits per heavy atom. The molecule has 1 saturated heterocycles. The standard InChI is InChI=1S/C8H16N2O/c9-7-4-2-1-3-6(7)8(10)5-11-8/h6-7H,1-5,9-10H2. The number of hydrogen-bond acceptors (Lipinski definition) is 3. The van der Waals surface area contributed by atoms with E-state index in [-0.39, 0.29) is 11.8 Å². The predicted molar refractivity (Wildman–Crippen MR) is 42.8 cm³/mol. The molecule has 1 aliphatic carbocycles. The molecule has 64 valence electrons. The lowest BCUT2D eigenvalue weighted by Crippen LogP contribution is -2.47. The van der Waals surface area contributed by atoms with E-state index in [9.17, 15) is 0 Å². The highest BCUT2D eigenvalue weighted by Gasteiger charge is 2.50. The van der Waals surface area contributed by atoms with Crippen molar-refractivity contribution in [2.45, 2.75) is 37.5 Å². The molecule has 1 aliphatic heterocycles. The van der Waals surface area contributed by atoms with Gasteiger partial charge in [-0.15, -0.1) is 0 Å². The second kappa shape index (κ2) is 2.44. The molecular formula is C8H16N2O. The van der Waals surface area contributed by atoms with Gasteiger partial charge in [-0.25, -0.2) is 0 Å². The Morgan fingerprint density at radius 2 is 1.91 bits per heavy atom. The van der Waals surface area contributed by atoms with Gasteiger partial charge in [0, 0.05) is 12.0 Å². The van der Waals surface area contributed by atoms with Crippen LogP contribution >= 0.6 is 0 Å². The zero-order valence-electron chi connectivity index (χ0n) is 6.75. The predicted octanol–water partition coefficient (Wildman–Crippen LogP) is 0.189. The lowest BCUT2D eigenvalue weighted by molar-refractivity contribution is 0.158. The third-order valence-electron chi connectivity index (χ3n) is 2.92. The monoisotopic (exact) mass is 156 g/mol. The Bertz CT molecular complexity index is 156. The third kappa shape index (κ3) is 1.28. The van der Waals surface area contributed by atoms with Gasteiger partial charge in [0.05, 0.1) is 6.61 Å². The molecule has 0 radical (unpaired) electrons. The minimum atomic E-state index is -0.333. The topological polar surface area (TPSA) is 64.6 Å². The Balaban J connectivity index is 1.99. The van der Waals surface area contributed by atoms with Crippen molar-refractivity contribution in [3.05, 3.63) is 0 Å². The van der Waals surface area contributed by atoms with E-state index in [1.54, 1.807) is 0 Å². The molecule has 0 aromatic carbocycles. The van der Waals surface area contributed by atoms with Gasteiger partial charge < -0.3 is 16.2 Å². The second-order valence-corrected chi connectivity index (χ2v) is 3.80. The maximum absolute atomic E-state index is 5.95. The fourth-order valence-corrected chi connectivity index (χ4v) is 2.06. The summed E-state index contributed by atoms with van der Waals surface area (Å²) in [5.74, 6) is 0.413. The molecule has 3 heteroatoms. The maximum atomic E-state index is 5.95. The van der Waals surface area contributed by atoms with Crippen LogP contribution in [0.5, 0.6) is 0 Å². The van der Waals surface area contributed by atoms with Crippen molar-refractivity contribution in [2.75, 3.05) is 6.61 Å². The maximum Gasteiger partial charge on any atom is 0.144 e. The summed E-state index contributed by atoms with van der Waals surface area (Å²) in [5.41, 5.74) is 11.5. The molecule has 3 unspecified atom stereocenters. The number of hydrogen-bond donors (Lipinski definition) is 2. The first kappa shape index (κ1) is 7.53. The number of epoxide rings is 1. The summed E-state index contributed by atoms with van der Waals surface area (Å²) in [6, 6.07) is 0.274. The Labute approximate surface area is 67.1 Å². The minimum Gasteiger partial charge on any atom is -0.354 e. The molecule has 0 amide bonds. The normalized spacial score (nSPS) is 50.7. The fourth-order valence-electron chi connectivity index (χ4n) is 2.06. The van der Waals surface area contributed by atoms with Crippen molar-refractivity contribution in [3.8, 4) is 0 Å². The van der Waals surface area contributed by atoms with E-state index >= 15 is 0 Å². The van der Waals surface area contributed by atoms with Crippen molar-refractivity contribution in [1.29, 1.82) is 0 Å². The van der Waals surface area contributed by atoms with Gasteiger partial charge in [-0.05, 0) is 12.8 Å². The van der Waals surface area contributed by atoms with Crippen LogP contribution < -0.4 is 11.5 Å². The third-order valence-corrected chi connectivity index (χ3v) is 2.92. The number of rotatable bonds is 1. The van der Waals surface area contributed by atoms with Crippen LogP contribution in [0.3, 0.4) is 0 Å². The van der Waals surface area contributed by atoms with Gasteiger partial charge in [0.15, 0.2) is 0 Å². The lowest BCUT2D eigenvalue weighted by Gasteiger charge is -2.31. The molecule has 0 aromatic rings. The average molecular weight is 156 g/mol. The molecule has 3 nitrogen and oxygen atoms in total. The first-order valence-electron chi connectivity index (χ1n) is 4.41. The smallest absolute Gasteiger partial charge is 0.144 e. The molecule has 2 rings (SSSR count). The highest BCUT2D eigenvalue weighted by Crippen LogP contribution is 2.38. The van der Waals surface area contributed by atoms with Gasteiger partial charge in [0.25, 0.3) is 0 Å². The SMILES string of the molecule is NC1CCCCC1C1(N)CO1. The van der Waals surface area contributed by atoms with Gasteiger partial charge in [0.1, 0.15) is 5.72 Å². The largest absolute Gasteiger partial charge is 0.354 e. The summed E-state index contributed by atoms with van der Waals surface area (Å²) >= 11 is 0. The van der Waals surface area contributed by atoms with E-state index in [1.165, 1.54) is 12.8 Å². The molecule has 0 bridgehead atoms. The summed E-state index contributed by atoms with van der Waals surface area (Å²) in [6.45, 7) is 0.714. The summed E-state index contributed by atoms with van der Waals surface area (Å²) in [4.78, 5) is 0. The molecule has 1 saturated carbocycles. The second-order valence-electron chi connectivity index (χ2n) is 3.80. The quantitative estimate of drug-likeness (QED) is 0.533. The molecule has 0 spiro atoms. The Kier molecular flexibility index (Phi) is 1.67. The summed E-state index contributed by atoms with van der Waals surface area (Å²) in [7, 11) is 0. The van der Waals surface area contributed by atoms with Crippen LogP contribution in [0.15, 0.2) is 0 Å². The van der Waals surface area contributed by atoms with Crippen LogP contribution in [-0.2, 0) is 4.74 Å².